The number of imidazole rings is 1. The van der Waals surface area contributed by atoms with Gasteiger partial charge in [-0.05, 0) is 71.3 Å². The van der Waals surface area contributed by atoms with Crippen LogP contribution in [0.25, 0.3) is 28.1 Å². The quantitative estimate of drug-likeness (QED) is 0.208. The van der Waals surface area contributed by atoms with Crippen LogP contribution in [0.3, 0.4) is 0 Å². The number of alkyl halides is 3. The standard InChI is InChI=1S/C31H21Cl2F3N4O3S/c32-23-9-14-26(27(33)16-23)28-17-39(24-10-12-25(13-11-24)40-18-30(41)38-44(40,42)43)29(37-28)15-19-1-3-20(4-2-19)21-5-7-22(8-6-21)31(34,35)36/h1-14,16-17H,15,18H2,(H,38,41). The first kappa shape index (κ1) is 29.7. The highest BCUT2D eigenvalue weighted by atomic mass is 35.5. The average molecular weight is 658 g/mol. The number of aromatic nitrogens is 2. The van der Waals surface area contributed by atoms with E-state index in [-0.39, 0.29) is 6.54 Å². The first-order valence-electron chi connectivity index (χ1n) is 13.1. The van der Waals surface area contributed by atoms with Gasteiger partial charge in [0.25, 0.3) is 5.91 Å². The van der Waals surface area contributed by atoms with Gasteiger partial charge in [-0.25, -0.2) is 14.0 Å². The second-order valence-corrected chi connectivity index (χ2v) is 12.5. The summed E-state index contributed by atoms with van der Waals surface area (Å²) in [5.74, 6) is 0.0338. The van der Waals surface area contributed by atoms with Crippen molar-refractivity contribution in [2.75, 3.05) is 10.8 Å². The minimum absolute atomic E-state index is 0.306. The van der Waals surface area contributed by atoms with Crippen LogP contribution >= 0.6 is 23.2 Å². The first-order chi connectivity index (χ1) is 20.9. The molecule has 1 N–H and O–H groups in total. The van der Waals surface area contributed by atoms with Crippen molar-refractivity contribution in [1.29, 1.82) is 0 Å². The lowest BCUT2D eigenvalue weighted by Crippen LogP contribution is -2.29. The van der Waals surface area contributed by atoms with Crippen molar-refractivity contribution in [1.82, 2.24) is 14.3 Å². The second kappa shape index (κ2) is 11.3. The highest BCUT2D eigenvalue weighted by molar-refractivity contribution is 7.92. The summed E-state index contributed by atoms with van der Waals surface area (Å²) < 4.78 is 68.2. The van der Waals surface area contributed by atoms with Crippen LogP contribution < -0.4 is 9.03 Å². The number of hydrogen-bond donors (Lipinski definition) is 1. The van der Waals surface area contributed by atoms with E-state index in [0.29, 0.717) is 50.5 Å². The maximum Gasteiger partial charge on any atom is 0.416 e. The number of carbonyl (C=O) groups excluding carboxylic acids is 1. The predicted octanol–water partition coefficient (Wildman–Crippen LogP) is 7.30. The third kappa shape index (κ3) is 6.03. The molecule has 44 heavy (non-hydrogen) atoms. The molecule has 224 valence electrons. The van der Waals surface area contributed by atoms with Gasteiger partial charge in [-0.1, -0.05) is 59.6 Å². The Labute approximate surface area is 260 Å². The molecule has 0 aliphatic carbocycles. The Morgan fingerprint density at radius 1 is 0.841 bits per heavy atom. The van der Waals surface area contributed by atoms with Crippen LogP contribution in [0.4, 0.5) is 18.9 Å². The zero-order valence-corrected chi connectivity index (χ0v) is 24.8. The molecule has 1 amide bonds. The molecule has 2 heterocycles. The van der Waals surface area contributed by atoms with Gasteiger partial charge in [0.15, 0.2) is 0 Å². The fourth-order valence-corrected chi connectivity index (χ4v) is 6.55. The Hall–Kier alpha value is -4.32. The third-order valence-corrected chi connectivity index (χ3v) is 9.04. The topological polar surface area (TPSA) is 84.3 Å². The summed E-state index contributed by atoms with van der Waals surface area (Å²) in [5.41, 5.74) is 3.87. The number of hydrogen-bond acceptors (Lipinski definition) is 4. The normalized spacial score (nSPS) is 14.6. The molecule has 0 unspecified atom stereocenters. The summed E-state index contributed by atoms with van der Waals surface area (Å²) in [6.45, 7) is -0.306. The fraction of sp³-hybridized carbons (Fsp3) is 0.0968. The smallest absolute Gasteiger partial charge is 0.303 e. The van der Waals surface area contributed by atoms with E-state index in [2.05, 4.69) is 0 Å². The number of nitrogens with one attached hydrogen (secondary N) is 1. The second-order valence-electron chi connectivity index (χ2n) is 10.0. The van der Waals surface area contributed by atoms with Gasteiger partial charge in [0.1, 0.15) is 12.4 Å². The van der Waals surface area contributed by atoms with Crippen LogP contribution in [0.1, 0.15) is 17.0 Å². The van der Waals surface area contributed by atoms with E-state index in [1.165, 1.54) is 12.1 Å². The lowest BCUT2D eigenvalue weighted by atomic mass is 10.0. The summed E-state index contributed by atoms with van der Waals surface area (Å²) in [4.78, 5) is 16.5. The fourth-order valence-electron chi connectivity index (χ4n) is 4.90. The van der Waals surface area contributed by atoms with Crippen LogP contribution in [0.5, 0.6) is 0 Å². The Kier molecular flexibility index (Phi) is 7.64. The summed E-state index contributed by atoms with van der Waals surface area (Å²) in [7, 11) is -3.95. The zero-order valence-electron chi connectivity index (χ0n) is 22.5. The van der Waals surface area contributed by atoms with Gasteiger partial charge in [-0.3, -0.25) is 4.79 Å². The average Bonchev–Trinajstić information content (AvgIpc) is 3.51. The lowest BCUT2D eigenvalue weighted by molar-refractivity contribution is -0.137. The number of amides is 1. The lowest BCUT2D eigenvalue weighted by Gasteiger charge is -2.15. The molecule has 4 aromatic carbocycles. The molecule has 0 atom stereocenters. The largest absolute Gasteiger partial charge is 0.416 e. The van der Waals surface area contributed by atoms with Crippen molar-refractivity contribution >= 4 is 45.0 Å². The molecule has 0 spiro atoms. The van der Waals surface area contributed by atoms with Gasteiger partial charge < -0.3 is 4.57 Å². The molecule has 7 nitrogen and oxygen atoms in total. The molecule has 13 heteroatoms. The van der Waals surface area contributed by atoms with Gasteiger partial charge >= 0.3 is 16.4 Å². The van der Waals surface area contributed by atoms with Gasteiger partial charge in [0, 0.05) is 28.9 Å². The van der Waals surface area contributed by atoms with Crippen LogP contribution in [0.15, 0.2) is 97.2 Å². The molecule has 1 aliphatic heterocycles. The van der Waals surface area contributed by atoms with Gasteiger partial charge in [-0.15, -0.1) is 0 Å². The predicted molar refractivity (Wildman–Crippen MR) is 163 cm³/mol. The van der Waals surface area contributed by atoms with E-state index in [9.17, 15) is 26.4 Å². The summed E-state index contributed by atoms with van der Waals surface area (Å²) >= 11 is 12.6. The number of anilines is 1. The molecule has 1 saturated heterocycles. The molecule has 0 bridgehead atoms. The maximum atomic E-state index is 13.0. The summed E-state index contributed by atoms with van der Waals surface area (Å²) in [6.07, 6.45) is -2.20. The molecule has 6 rings (SSSR count). The van der Waals surface area contributed by atoms with E-state index in [4.69, 9.17) is 28.2 Å². The van der Waals surface area contributed by atoms with Crippen molar-refractivity contribution in [3.05, 3.63) is 124 Å². The van der Waals surface area contributed by atoms with E-state index in [0.717, 1.165) is 27.6 Å². The number of halogens is 5. The van der Waals surface area contributed by atoms with E-state index < -0.39 is 27.9 Å². The number of benzene rings is 4. The van der Waals surface area contributed by atoms with E-state index in [1.807, 2.05) is 39.8 Å². The molecule has 0 saturated carbocycles. The SMILES string of the molecule is O=C1CN(c2ccc(-n3cc(-c4ccc(Cl)cc4Cl)nc3Cc3ccc(-c4ccc(C(F)(F)F)cc4)cc3)cc2)S(=O)(=O)N1. The van der Waals surface area contributed by atoms with Crippen molar-refractivity contribution < 1.29 is 26.4 Å². The van der Waals surface area contributed by atoms with Gasteiger partial charge in [0.2, 0.25) is 0 Å². The number of carbonyl (C=O) groups is 1. The van der Waals surface area contributed by atoms with E-state index >= 15 is 0 Å². The maximum absolute atomic E-state index is 13.0. The third-order valence-electron chi connectivity index (χ3n) is 7.08. The van der Waals surface area contributed by atoms with Crippen LogP contribution in [-0.4, -0.2) is 30.4 Å². The molecule has 5 aromatic rings. The minimum Gasteiger partial charge on any atom is -0.303 e. The minimum atomic E-state index is -4.40. The Bertz CT molecular complexity index is 1980. The first-order valence-corrected chi connectivity index (χ1v) is 15.3. The summed E-state index contributed by atoms with van der Waals surface area (Å²) in [6, 6.07) is 24.2. The van der Waals surface area contributed by atoms with Gasteiger partial charge in [-0.2, -0.15) is 21.6 Å². The number of nitrogens with zero attached hydrogens (tertiary/aromatic N) is 3. The number of rotatable bonds is 6. The Balaban J connectivity index is 1.32. The molecule has 1 aliphatic rings. The zero-order chi connectivity index (χ0) is 31.2. The summed E-state index contributed by atoms with van der Waals surface area (Å²) in [5, 5.41) is 0.897. The van der Waals surface area contributed by atoms with Crippen LogP contribution in [-0.2, 0) is 27.6 Å². The van der Waals surface area contributed by atoms with Crippen molar-refractivity contribution in [3.8, 4) is 28.1 Å². The molecule has 0 radical (unpaired) electrons. The van der Waals surface area contributed by atoms with Crippen LogP contribution in [0, 0.1) is 0 Å². The Morgan fingerprint density at radius 2 is 1.45 bits per heavy atom. The molecule has 1 fully saturated rings. The molecular formula is C31H21Cl2F3N4O3S. The molecule has 1 aromatic heterocycles. The van der Waals surface area contributed by atoms with Crippen molar-refractivity contribution in [2.24, 2.45) is 0 Å². The highest BCUT2D eigenvalue weighted by Gasteiger charge is 2.34. The van der Waals surface area contributed by atoms with Crippen molar-refractivity contribution in [2.45, 2.75) is 12.6 Å². The highest BCUT2D eigenvalue weighted by Crippen LogP contribution is 2.33. The van der Waals surface area contributed by atoms with Crippen LogP contribution in [0.2, 0.25) is 10.0 Å². The van der Waals surface area contributed by atoms with Gasteiger partial charge in [0.05, 0.1) is 22.0 Å². The van der Waals surface area contributed by atoms with E-state index in [1.54, 1.807) is 42.5 Å². The molecular weight excluding hydrogens is 636 g/mol. The van der Waals surface area contributed by atoms with Crippen molar-refractivity contribution in [3.63, 3.8) is 0 Å². The monoisotopic (exact) mass is 656 g/mol. The Morgan fingerprint density at radius 3 is 2.02 bits per heavy atom.